The maximum Gasteiger partial charge on any atom is 0.256 e. The Balaban J connectivity index is 1.96. The van der Waals surface area contributed by atoms with Gasteiger partial charge in [-0.15, -0.1) is 0 Å². The second-order valence-corrected chi connectivity index (χ2v) is 4.99. The summed E-state index contributed by atoms with van der Waals surface area (Å²) in [6, 6.07) is 9.41. The van der Waals surface area contributed by atoms with Crippen molar-refractivity contribution in [3.63, 3.8) is 0 Å². The van der Waals surface area contributed by atoms with Crippen molar-refractivity contribution in [2.24, 2.45) is 0 Å². The number of anilines is 1. The van der Waals surface area contributed by atoms with Crippen molar-refractivity contribution in [2.75, 3.05) is 12.8 Å². The molecule has 3 rings (SSSR count). The van der Waals surface area contributed by atoms with Crippen molar-refractivity contribution in [3.8, 4) is 11.7 Å². The van der Waals surface area contributed by atoms with Gasteiger partial charge < -0.3 is 10.5 Å². The van der Waals surface area contributed by atoms with Gasteiger partial charge >= 0.3 is 0 Å². The number of methoxy groups -OCH3 is 1. The normalized spacial score (nSPS) is 10.5. The number of para-hydroxylation sites is 1. The van der Waals surface area contributed by atoms with E-state index in [1.54, 1.807) is 25.6 Å². The molecule has 21 heavy (non-hydrogen) atoms. The lowest BCUT2D eigenvalue weighted by Gasteiger charge is -2.07. The van der Waals surface area contributed by atoms with Gasteiger partial charge in [0.25, 0.3) is 5.95 Å². The van der Waals surface area contributed by atoms with Gasteiger partial charge in [0.05, 0.1) is 12.0 Å². The molecule has 0 atom stereocenters. The maximum atomic E-state index is 5.74. The number of nitrogens with zero attached hydrogens (tertiary/aromatic N) is 5. The van der Waals surface area contributed by atoms with E-state index in [1.807, 2.05) is 24.3 Å². The lowest BCUT2D eigenvalue weighted by molar-refractivity contribution is 0.405. The number of aromatic nitrogens is 5. The molecule has 0 aliphatic rings. The molecule has 0 amide bonds. The summed E-state index contributed by atoms with van der Waals surface area (Å²) in [5.41, 5.74) is 5.74. The van der Waals surface area contributed by atoms with Crippen LogP contribution in [0.2, 0.25) is 0 Å². The van der Waals surface area contributed by atoms with E-state index in [0.29, 0.717) is 11.1 Å². The molecule has 8 heteroatoms. The molecule has 106 valence electrons. The summed E-state index contributed by atoms with van der Waals surface area (Å²) < 4.78 is 6.84. The first-order chi connectivity index (χ1) is 10.3. The maximum absolute atomic E-state index is 5.74. The van der Waals surface area contributed by atoms with E-state index in [-0.39, 0.29) is 5.95 Å². The topological polar surface area (TPSA) is 91.7 Å². The predicted octanol–water partition coefficient (Wildman–Crippen LogP) is 1.80. The highest BCUT2D eigenvalue weighted by Crippen LogP contribution is 2.32. The third-order valence-corrected chi connectivity index (χ3v) is 3.52. The molecule has 2 N–H and O–H groups in total. The minimum atomic E-state index is 0.146. The van der Waals surface area contributed by atoms with Gasteiger partial charge in [0.2, 0.25) is 5.95 Å². The van der Waals surface area contributed by atoms with Crippen LogP contribution in [0.3, 0.4) is 0 Å². The Morgan fingerprint density at radius 2 is 2.00 bits per heavy atom. The summed E-state index contributed by atoms with van der Waals surface area (Å²) in [6.07, 6.45) is 3.39. The molecule has 0 bridgehead atoms. The molecule has 0 radical (unpaired) electrons. The largest absolute Gasteiger partial charge is 0.496 e. The highest BCUT2D eigenvalue weighted by Gasteiger charge is 2.10. The van der Waals surface area contributed by atoms with Crippen LogP contribution in [0.4, 0.5) is 5.95 Å². The summed E-state index contributed by atoms with van der Waals surface area (Å²) in [5, 5.41) is 4.57. The summed E-state index contributed by atoms with van der Waals surface area (Å²) in [4.78, 5) is 13.5. The fourth-order valence-corrected chi connectivity index (χ4v) is 2.56. The van der Waals surface area contributed by atoms with Crippen molar-refractivity contribution in [1.29, 1.82) is 0 Å². The van der Waals surface area contributed by atoms with Crippen LogP contribution >= 0.6 is 11.8 Å². The molecule has 0 aliphatic carbocycles. The van der Waals surface area contributed by atoms with E-state index in [1.165, 1.54) is 16.4 Å². The van der Waals surface area contributed by atoms with Crippen molar-refractivity contribution >= 4 is 17.7 Å². The zero-order chi connectivity index (χ0) is 14.7. The quantitative estimate of drug-likeness (QED) is 0.785. The molecular formula is C13H12N6OS. The van der Waals surface area contributed by atoms with Crippen molar-refractivity contribution in [1.82, 2.24) is 24.7 Å². The van der Waals surface area contributed by atoms with Gasteiger partial charge in [0.15, 0.2) is 5.16 Å². The van der Waals surface area contributed by atoms with Crippen molar-refractivity contribution in [2.45, 2.75) is 10.1 Å². The van der Waals surface area contributed by atoms with E-state index in [4.69, 9.17) is 10.5 Å². The van der Waals surface area contributed by atoms with Crippen LogP contribution in [0.15, 0.2) is 52.8 Å². The highest BCUT2D eigenvalue weighted by molar-refractivity contribution is 7.99. The summed E-state index contributed by atoms with van der Waals surface area (Å²) in [7, 11) is 1.62. The second-order valence-electron chi connectivity index (χ2n) is 3.98. The number of ether oxygens (including phenoxy) is 1. The molecular weight excluding hydrogens is 288 g/mol. The van der Waals surface area contributed by atoms with E-state index >= 15 is 0 Å². The van der Waals surface area contributed by atoms with Crippen molar-refractivity contribution in [3.05, 3.63) is 42.7 Å². The molecule has 1 aromatic carbocycles. The minimum Gasteiger partial charge on any atom is -0.496 e. The van der Waals surface area contributed by atoms with Crippen LogP contribution in [0.25, 0.3) is 5.95 Å². The third kappa shape index (κ3) is 2.95. The molecule has 0 aliphatic heterocycles. The van der Waals surface area contributed by atoms with Crippen LogP contribution in [0, 0.1) is 0 Å². The lowest BCUT2D eigenvalue weighted by Crippen LogP contribution is -2.07. The van der Waals surface area contributed by atoms with Crippen LogP contribution in [0.5, 0.6) is 5.75 Å². The summed E-state index contributed by atoms with van der Waals surface area (Å²) in [6.45, 7) is 0. The summed E-state index contributed by atoms with van der Waals surface area (Å²) in [5.74, 6) is 1.28. The highest BCUT2D eigenvalue weighted by atomic mass is 32.2. The molecule has 7 nitrogen and oxygen atoms in total. The van der Waals surface area contributed by atoms with Crippen molar-refractivity contribution < 1.29 is 4.74 Å². The SMILES string of the molecule is COc1ccccc1Sc1nc(N)nc(-n2cccn2)n1. The number of hydrogen-bond donors (Lipinski definition) is 1. The fourth-order valence-electron chi connectivity index (χ4n) is 1.70. The lowest BCUT2D eigenvalue weighted by atomic mass is 10.3. The zero-order valence-electron chi connectivity index (χ0n) is 11.2. The number of rotatable bonds is 4. The van der Waals surface area contributed by atoms with Gasteiger partial charge in [-0.25, -0.2) is 4.68 Å². The minimum absolute atomic E-state index is 0.146. The molecule has 0 unspecified atom stereocenters. The van der Waals surface area contributed by atoms with Gasteiger partial charge in [-0.2, -0.15) is 20.1 Å². The predicted molar refractivity (Wildman–Crippen MR) is 78.5 cm³/mol. The van der Waals surface area contributed by atoms with E-state index in [2.05, 4.69) is 20.1 Å². The van der Waals surface area contributed by atoms with Gasteiger partial charge in [-0.1, -0.05) is 12.1 Å². The Hall–Kier alpha value is -2.61. The molecule has 0 saturated heterocycles. The Labute approximate surface area is 125 Å². The monoisotopic (exact) mass is 300 g/mol. The van der Waals surface area contributed by atoms with Crippen LogP contribution < -0.4 is 10.5 Å². The summed E-state index contributed by atoms with van der Waals surface area (Å²) >= 11 is 1.36. The van der Waals surface area contributed by atoms with E-state index in [0.717, 1.165) is 10.6 Å². The first-order valence-electron chi connectivity index (χ1n) is 6.08. The Morgan fingerprint density at radius 1 is 1.14 bits per heavy atom. The van der Waals surface area contributed by atoms with Gasteiger partial charge in [0, 0.05) is 12.4 Å². The number of nitrogen functional groups attached to an aromatic ring is 1. The number of benzene rings is 1. The zero-order valence-corrected chi connectivity index (χ0v) is 12.0. The van der Waals surface area contributed by atoms with Crippen LogP contribution in [-0.2, 0) is 0 Å². The molecule has 2 aromatic heterocycles. The molecule has 0 fully saturated rings. The Morgan fingerprint density at radius 3 is 2.76 bits per heavy atom. The van der Waals surface area contributed by atoms with Gasteiger partial charge in [-0.3, -0.25) is 0 Å². The first-order valence-corrected chi connectivity index (χ1v) is 6.90. The van der Waals surface area contributed by atoms with E-state index < -0.39 is 0 Å². The average Bonchev–Trinajstić information content (AvgIpc) is 3.01. The van der Waals surface area contributed by atoms with E-state index in [9.17, 15) is 0 Å². The Bertz CT molecular complexity index is 746. The average molecular weight is 300 g/mol. The molecule has 2 heterocycles. The standard InChI is InChI=1S/C13H12N6OS/c1-20-9-5-2-3-6-10(9)21-13-17-11(14)16-12(18-13)19-8-4-7-15-19/h2-8H,1H3,(H2,14,16,17,18). The third-order valence-electron chi connectivity index (χ3n) is 2.60. The number of hydrogen-bond acceptors (Lipinski definition) is 7. The van der Waals surface area contributed by atoms with Gasteiger partial charge in [0.1, 0.15) is 5.75 Å². The Kier molecular flexibility index (Phi) is 3.69. The molecule has 0 spiro atoms. The number of nitrogens with two attached hydrogens (primary N) is 1. The molecule has 0 saturated carbocycles. The first kappa shape index (κ1) is 13.4. The van der Waals surface area contributed by atoms with Crippen LogP contribution in [-0.4, -0.2) is 31.8 Å². The fraction of sp³-hybridized carbons (Fsp3) is 0.0769. The molecule has 3 aromatic rings. The van der Waals surface area contributed by atoms with Crippen LogP contribution in [0.1, 0.15) is 0 Å². The second kappa shape index (κ2) is 5.80. The van der Waals surface area contributed by atoms with Gasteiger partial charge in [-0.05, 0) is 30.0 Å². The smallest absolute Gasteiger partial charge is 0.256 e.